The van der Waals surface area contributed by atoms with Crippen LogP contribution in [0, 0.1) is 5.92 Å². The lowest BCUT2D eigenvalue weighted by Crippen LogP contribution is -2.42. The molecule has 26 heavy (non-hydrogen) atoms. The minimum Gasteiger partial charge on any atom is -0.455 e. The summed E-state index contributed by atoms with van der Waals surface area (Å²) in [7, 11) is 0. The quantitative estimate of drug-likeness (QED) is 0.602. The van der Waals surface area contributed by atoms with Gasteiger partial charge in [-0.1, -0.05) is 44.2 Å². The van der Waals surface area contributed by atoms with E-state index >= 15 is 0 Å². The van der Waals surface area contributed by atoms with Gasteiger partial charge in [-0.05, 0) is 11.5 Å². The van der Waals surface area contributed by atoms with Crippen LogP contribution in [0.5, 0.6) is 0 Å². The summed E-state index contributed by atoms with van der Waals surface area (Å²) >= 11 is 0. The van der Waals surface area contributed by atoms with Crippen LogP contribution in [0.3, 0.4) is 0 Å². The van der Waals surface area contributed by atoms with E-state index < -0.39 is 30.6 Å². The average Bonchev–Trinajstić information content (AvgIpc) is 2.58. The van der Waals surface area contributed by atoms with Crippen LogP contribution in [0.2, 0.25) is 0 Å². The number of benzene rings is 1. The highest BCUT2D eigenvalue weighted by Gasteiger charge is 2.19. The van der Waals surface area contributed by atoms with E-state index in [-0.39, 0.29) is 18.2 Å². The van der Waals surface area contributed by atoms with Crippen molar-refractivity contribution in [1.82, 2.24) is 16.0 Å². The number of carbonyl (C=O) groups excluding carboxylic acids is 4. The van der Waals surface area contributed by atoms with Crippen molar-refractivity contribution in [3.05, 3.63) is 35.9 Å². The zero-order valence-electron chi connectivity index (χ0n) is 15.2. The largest absolute Gasteiger partial charge is 0.455 e. The van der Waals surface area contributed by atoms with Gasteiger partial charge in [-0.2, -0.15) is 0 Å². The summed E-state index contributed by atoms with van der Waals surface area (Å²) in [5.74, 6) is -1.43. The third-order valence-corrected chi connectivity index (χ3v) is 3.24. The van der Waals surface area contributed by atoms with Gasteiger partial charge in [-0.15, -0.1) is 0 Å². The Bertz CT molecular complexity index is 631. The van der Waals surface area contributed by atoms with E-state index in [9.17, 15) is 19.2 Å². The Kier molecular flexibility index (Phi) is 8.83. The van der Waals surface area contributed by atoms with Crippen LogP contribution in [0.25, 0.3) is 0 Å². The van der Waals surface area contributed by atoms with Crippen molar-refractivity contribution in [3.8, 4) is 0 Å². The van der Waals surface area contributed by atoms with Crippen molar-refractivity contribution in [3.63, 3.8) is 0 Å². The third-order valence-electron chi connectivity index (χ3n) is 3.24. The first-order chi connectivity index (χ1) is 12.3. The number of esters is 1. The highest BCUT2D eigenvalue weighted by Crippen LogP contribution is 2.17. The van der Waals surface area contributed by atoms with Gasteiger partial charge in [0.1, 0.15) is 0 Å². The fourth-order valence-corrected chi connectivity index (χ4v) is 2.06. The lowest BCUT2D eigenvalue weighted by atomic mass is 10.0. The predicted molar refractivity (Wildman–Crippen MR) is 95.0 cm³/mol. The van der Waals surface area contributed by atoms with E-state index in [1.807, 2.05) is 19.9 Å². The Morgan fingerprint density at radius 3 is 2.31 bits per heavy atom. The molecule has 0 saturated carbocycles. The van der Waals surface area contributed by atoms with E-state index in [0.717, 1.165) is 5.56 Å². The van der Waals surface area contributed by atoms with E-state index in [2.05, 4.69) is 16.0 Å². The zero-order valence-corrected chi connectivity index (χ0v) is 15.2. The highest BCUT2D eigenvalue weighted by molar-refractivity contribution is 5.95. The van der Waals surface area contributed by atoms with E-state index in [0.29, 0.717) is 6.54 Å². The number of ether oxygens (including phenoxy) is 1. The number of carbonyl (C=O) groups is 4. The summed E-state index contributed by atoms with van der Waals surface area (Å²) in [5.41, 5.74) is 0.747. The first-order valence-electron chi connectivity index (χ1n) is 8.33. The molecular formula is C18H25N3O5. The zero-order chi connectivity index (χ0) is 19.5. The molecule has 1 rings (SSSR count). The van der Waals surface area contributed by atoms with Crippen molar-refractivity contribution in [2.24, 2.45) is 5.92 Å². The fourth-order valence-electron chi connectivity index (χ4n) is 2.06. The first-order valence-corrected chi connectivity index (χ1v) is 8.33. The van der Waals surface area contributed by atoms with Crippen molar-refractivity contribution in [2.45, 2.75) is 33.2 Å². The molecule has 0 spiro atoms. The summed E-state index contributed by atoms with van der Waals surface area (Å²) in [5, 5.41) is 7.26. The molecule has 1 aromatic rings. The molecule has 0 unspecified atom stereocenters. The number of amides is 4. The van der Waals surface area contributed by atoms with Crippen molar-refractivity contribution in [1.29, 1.82) is 0 Å². The maximum Gasteiger partial charge on any atom is 0.321 e. The molecule has 0 saturated heterocycles. The molecule has 0 aromatic heterocycles. The Morgan fingerprint density at radius 2 is 1.73 bits per heavy atom. The van der Waals surface area contributed by atoms with Gasteiger partial charge in [0, 0.05) is 13.5 Å². The number of hydrogen-bond donors (Lipinski definition) is 3. The van der Waals surface area contributed by atoms with Gasteiger partial charge in [0.2, 0.25) is 5.91 Å². The molecule has 0 aliphatic heterocycles. The standard InChI is InChI=1S/C18H25N3O5/c1-12(2)10-19-18(25)21-16(23)11-26-17(24)9-15(20-13(3)22)14-7-5-4-6-8-14/h4-8,12,15H,9-11H2,1-3H3,(H,20,22)(H2,19,21,23,25)/t15-/m1/s1. The van der Waals surface area contributed by atoms with E-state index in [1.54, 1.807) is 24.3 Å². The van der Waals surface area contributed by atoms with Gasteiger partial charge >= 0.3 is 12.0 Å². The van der Waals surface area contributed by atoms with Gasteiger partial charge in [0.25, 0.3) is 5.91 Å². The van der Waals surface area contributed by atoms with Gasteiger partial charge in [-0.3, -0.25) is 19.7 Å². The average molecular weight is 363 g/mol. The summed E-state index contributed by atoms with van der Waals surface area (Å²) < 4.78 is 4.88. The van der Waals surface area contributed by atoms with Crippen LogP contribution in [0.15, 0.2) is 30.3 Å². The first kappa shape index (κ1) is 21.1. The second-order valence-electron chi connectivity index (χ2n) is 6.18. The topological polar surface area (TPSA) is 114 Å². The van der Waals surface area contributed by atoms with Crippen LogP contribution < -0.4 is 16.0 Å². The molecule has 142 valence electrons. The monoisotopic (exact) mass is 363 g/mol. The van der Waals surface area contributed by atoms with Crippen LogP contribution >= 0.6 is 0 Å². The van der Waals surface area contributed by atoms with Gasteiger partial charge in [0.05, 0.1) is 12.5 Å². The Balaban J connectivity index is 2.46. The molecule has 0 fully saturated rings. The number of imide groups is 1. The molecule has 0 aliphatic rings. The molecule has 0 heterocycles. The summed E-state index contributed by atoms with van der Waals surface area (Å²) in [6.07, 6.45) is -0.129. The second-order valence-corrected chi connectivity index (χ2v) is 6.18. The summed E-state index contributed by atoms with van der Waals surface area (Å²) in [6.45, 7) is 5.04. The Hall–Kier alpha value is -2.90. The number of urea groups is 1. The van der Waals surface area contributed by atoms with Crippen molar-refractivity contribution in [2.75, 3.05) is 13.2 Å². The third kappa shape index (κ3) is 8.81. The fraction of sp³-hybridized carbons (Fsp3) is 0.444. The number of hydrogen-bond acceptors (Lipinski definition) is 5. The Morgan fingerprint density at radius 1 is 1.08 bits per heavy atom. The minimum atomic E-state index is -0.726. The van der Waals surface area contributed by atoms with Gasteiger partial charge < -0.3 is 15.4 Å². The maximum atomic E-state index is 12.0. The molecule has 1 aromatic carbocycles. The van der Waals surface area contributed by atoms with Crippen molar-refractivity contribution >= 4 is 23.8 Å². The van der Waals surface area contributed by atoms with Gasteiger partial charge in [-0.25, -0.2) is 4.79 Å². The molecule has 1 atom stereocenters. The lowest BCUT2D eigenvalue weighted by molar-refractivity contribution is -0.148. The van der Waals surface area contributed by atoms with Crippen molar-refractivity contribution < 1.29 is 23.9 Å². The second kappa shape index (κ2) is 10.9. The van der Waals surface area contributed by atoms with Crippen LogP contribution in [-0.2, 0) is 19.1 Å². The van der Waals surface area contributed by atoms with Crippen LogP contribution in [0.4, 0.5) is 4.79 Å². The highest BCUT2D eigenvalue weighted by atomic mass is 16.5. The molecule has 0 aliphatic carbocycles. The minimum absolute atomic E-state index is 0.129. The molecular weight excluding hydrogens is 338 g/mol. The van der Waals surface area contributed by atoms with Gasteiger partial charge in [0.15, 0.2) is 6.61 Å². The molecule has 0 radical (unpaired) electrons. The predicted octanol–water partition coefficient (Wildman–Crippen LogP) is 1.28. The lowest BCUT2D eigenvalue weighted by Gasteiger charge is -2.17. The molecule has 3 N–H and O–H groups in total. The Labute approximate surface area is 152 Å². The molecule has 4 amide bonds. The van der Waals surface area contributed by atoms with Crippen LogP contribution in [-0.4, -0.2) is 37.0 Å². The normalized spacial score (nSPS) is 11.4. The number of rotatable bonds is 8. The smallest absolute Gasteiger partial charge is 0.321 e. The van der Waals surface area contributed by atoms with E-state index in [1.165, 1.54) is 6.92 Å². The molecule has 8 heteroatoms. The SMILES string of the molecule is CC(=O)N[C@H](CC(=O)OCC(=O)NC(=O)NCC(C)C)c1ccccc1. The van der Waals surface area contributed by atoms with E-state index in [4.69, 9.17) is 4.74 Å². The summed E-state index contributed by atoms with van der Waals surface area (Å²) in [6, 6.07) is 7.76. The summed E-state index contributed by atoms with van der Waals surface area (Å²) in [4.78, 5) is 46.4. The molecule has 0 bridgehead atoms. The maximum absolute atomic E-state index is 12.0. The van der Waals surface area contributed by atoms with Crippen LogP contribution in [0.1, 0.15) is 38.8 Å². The number of nitrogens with one attached hydrogen (secondary N) is 3. The molecule has 8 nitrogen and oxygen atoms in total.